The number of carboxylic acid groups (broad SMARTS) is 1. The van der Waals surface area contributed by atoms with Crippen molar-refractivity contribution in [3.8, 4) is 5.75 Å². The van der Waals surface area contributed by atoms with Crippen molar-refractivity contribution in [2.24, 2.45) is 0 Å². The molecule has 1 aromatic heterocycles. The van der Waals surface area contributed by atoms with Crippen LogP contribution in [0.1, 0.15) is 33.5 Å². The summed E-state index contributed by atoms with van der Waals surface area (Å²) < 4.78 is 5.40. The average Bonchev–Trinajstić information content (AvgIpc) is 2.68. The number of rotatable bonds is 4. The number of nitrogens with zero attached hydrogens (tertiary/aromatic N) is 1. The van der Waals surface area contributed by atoms with Crippen LogP contribution in [0.5, 0.6) is 5.75 Å². The summed E-state index contributed by atoms with van der Waals surface area (Å²) in [6, 6.07) is 6.75. The van der Waals surface area contributed by atoms with E-state index in [0.717, 1.165) is 36.3 Å². The minimum atomic E-state index is -1.32. The van der Waals surface area contributed by atoms with Crippen molar-refractivity contribution < 1.29 is 24.4 Å². The van der Waals surface area contributed by atoms with E-state index in [-0.39, 0.29) is 30.1 Å². The van der Waals surface area contributed by atoms with Crippen LogP contribution in [0, 0.1) is 0 Å². The van der Waals surface area contributed by atoms with E-state index in [4.69, 9.17) is 4.65 Å². The second-order valence-corrected chi connectivity index (χ2v) is 7.04. The van der Waals surface area contributed by atoms with Gasteiger partial charge in [0.15, 0.2) is 0 Å². The van der Waals surface area contributed by atoms with Crippen molar-refractivity contribution >= 4 is 24.8 Å². The van der Waals surface area contributed by atoms with Gasteiger partial charge in [-0.2, -0.15) is 0 Å². The number of carbonyl (C=O) groups excluding carboxylic acids is 1. The summed E-state index contributed by atoms with van der Waals surface area (Å²) in [7, 11) is -1.32. The first kappa shape index (κ1) is 18.3. The first-order valence-corrected chi connectivity index (χ1v) is 9.22. The number of aromatic carboxylic acids is 1. The largest absolute Gasteiger partial charge is 0.547 e. The van der Waals surface area contributed by atoms with Gasteiger partial charge in [0, 0.05) is 12.7 Å². The van der Waals surface area contributed by atoms with Crippen LogP contribution in [0.25, 0.3) is 0 Å². The summed E-state index contributed by atoms with van der Waals surface area (Å²) in [5, 5.41) is 25.5. The second kappa shape index (κ2) is 7.51. The normalized spacial score (nSPS) is 17.6. The van der Waals surface area contributed by atoms with E-state index in [1.165, 1.54) is 6.07 Å². The molecule has 1 amide bonds. The number of aryl methyl sites for hydroxylation is 1. The van der Waals surface area contributed by atoms with Gasteiger partial charge in [-0.05, 0) is 42.0 Å². The van der Waals surface area contributed by atoms with Crippen molar-refractivity contribution in [3.63, 3.8) is 0 Å². The van der Waals surface area contributed by atoms with E-state index < -0.39 is 19.0 Å². The summed E-state index contributed by atoms with van der Waals surface area (Å²) in [5.74, 6) is -1.01. The molecule has 3 heterocycles. The third kappa shape index (κ3) is 3.66. The lowest BCUT2D eigenvalue weighted by atomic mass is 9.72. The molecule has 0 unspecified atom stereocenters. The van der Waals surface area contributed by atoms with E-state index in [1.54, 1.807) is 18.3 Å². The fourth-order valence-electron chi connectivity index (χ4n) is 3.65. The van der Waals surface area contributed by atoms with Gasteiger partial charge in [0.25, 0.3) is 0 Å². The number of carbonyl (C=O) groups is 2. The molecule has 0 bridgehead atoms. The van der Waals surface area contributed by atoms with Crippen LogP contribution in [-0.4, -0.2) is 46.6 Å². The van der Waals surface area contributed by atoms with Crippen LogP contribution in [-0.2, 0) is 24.1 Å². The Morgan fingerprint density at radius 3 is 3.04 bits per heavy atom. The topological polar surface area (TPSA) is 121 Å². The van der Waals surface area contributed by atoms with Gasteiger partial charge in [-0.25, -0.2) is 9.78 Å². The van der Waals surface area contributed by atoms with Crippen LogP contribution >= 0.6 is 0 Å². The third-order valence-electron chi connectivity index (χ3n) is 5.00. The Hall–Kier alpha value is -3.07. The average molecular weight is 381 g/mol. The highest BCUT2D eigenvalue weighted by Crippen LogP contribution is 2.30. The highest BCUT2D eigenvalue weighted by Gasteiger charge is 2.37. The number of aromatic nitrogens is 1. The zero-order valence-electron chi connectivity index (χ0n) is 15.1. The zero-order chi connectivity index (χ0) is 19.7. The molecule has 2 aliphatic rings. The number of nitrogens with one attached hydrogen (secondary N) is 2. The highest BCUT2D eigenvalue weighted by molar-refractivity contribution is 6.47. The van der Waals surface area contributed by atoms with Crippen LogP contribution in [0.4, 0.5) is 5.82 Å². The number of hydrogen-bond donors (Lipinski definition) is 4. The van der Waals surface area contributed by atoms with Crippen LogP contribution in [0.2, 0.25) is 0 Å². The van der Waals surface area contributed by atoms with Gasteiger partial charge in [-0.3, -0.25) is 4.79 Å². The number of anilines is 1. The molecule has 0 aliphatic carbocycles. The van der Waals surface area contributed by atoms with Gasteiger partial charge in [-0.1, -0.05) is 18.2 Å². The Labute approximate surface area is 162 Å². The SMILES string of the molecule is O=C(Cc1cnc2c(c1)CCCN2)N[C@H]1Cc2cccc(C(=O)O)c2OB1O. The maximum atomic E-state index is 12.5. The highest BCUT2D eigenvalue weighted by atomic mass is 16.5. The van der Waals surface area contributed by atoms with Crippen molar-refractivity contribution in [3.05, 3.63) is 52.7 Å². The van der Waals surface area contributed by atoms with Gasteiger partial charge in [0.1, 0.15) is 11.6 Å². The summed E-state index contributed by atoms with van der Waals surface area (Å²) in [6.07, 6.45) is 4.08. The lowest BCUT2D eigenvalue weighted by Gasteiger charge is -2.29. The number of fused-ring (bicyclic) bond motifs is 2. The molecule has 0 radical (unpaired) electrons. The smallest absolute Gasteiger partial charge is 0.534 e. The Bertz CT molecular complexity index is 936. The van der Waals surface area contributed by atoms with Crippen molar-refractivity contribution in [1.29, 1.82) is 0 Å². The summed E-state index contributed by atoms with van der Waals surface area (Å²) in [4.78, 5) is 28.1. The summed E-state index contributed by atoms with van der Waals surface area (Å²) >= 11 is 0. The molecule has 28 heavy (non-hydrogen) atoms. The minimum Gasteiger partial charge on any atom is -0.534 e. The Kier molecular flexibility index (Phi) is 4.91. The van der Waals surface area contributed by atoms with Gasteiger partial charge in [-0.15, -0.1) is 0 Å². The maximum absolute atomic E-state index is 12.5. The van der Waals surface area contributed by atoms with Gasteiger partial charge >= 0.3 is 13.1 Å². The summed E-state index contributed by atoms with van der Waals surface area (Å²) in [6.45, 7) is 0.907. The fourth-order valence-corrected chi connectivity index (χ4v) is 3.65. The zero-order valence-corrected chi connectivity index (χ0v) is 15.1. The maximum Gasteiger partial charge on any atom is 0.547 e. The van der Waals surface area contributed by atoms with Crippen LogP contribution in [0.3, 0.4) is 0 Å². The molecule has 4 rings (SSSR count). The molecule has 0 spiro atoms. The Morgan fingerprint density at radius 2 is 2.21 bits per heavy atom. The molecule has 0 saturated heterocycles. The third-order valence-corrected chi connectivity index (χ3v) is 5.00. The molecule has 0 fully saturated rings. The quantitative estimate of drug-likeness (QED) is 0.579. The van der Waals surface area contributed by atoms with Crippen molar-refractivity contribution in [1.82, 2.24) is 10.3 Å². The molecule has 2 aromatic rings. The number of carboxylic acids is 1. The molecule has 1 atom stereocenters. The van der Waals surface area contributed by atoms with E-state index in [9.17, 15) is 19.7 Å². The molecule has 0 saturated carbocycles. The molecule has 2 aliphatic heterocycles. The first-order chi connectivity index (χ1) is 13.5. The van der Waals surface area contributed by atoms with Gasteiger partial charge < -0.3 is 25.4 Å². The standard InChI is InChI=1S/C19H20BN3O5/c24-16(8-11-7-13-4-2-6-21-18(13)22-10-11)23-15-9-12-3-1-5-14(19(25)26)17(12)28-20(15)27/h1,3,5,7,10,15,27H,2,4,6,8-9H2,(H,21,22)(H,23,24)(H,25,26)/t15-/m0/s1. The van der Waals surface area contributed by atoms with Crippen LogP contribution < -0.4 is 15.3 Å². The van der Waals surface area contributed by atoms with E-state index in [2.05, 4.69) is 15.6 Å². The Balaban J connectivity index is 1.44. The van der Waals surface area contributed by atoms with Crippen molar-refractivity contribution in [2.75, 3.05) is 11.9 Å². The number of benzene rings is 1. The van der Waals surface area contributed by atoms with Crippen molar-refractivity contribution in [2.45, 2.75) is 31.6 Å². The van der Waals surface area contributed by atoms with E-state index >= 15 is 0 Å². The number of amides is 1. The van der Waals surface area contributed by atoms with E-state index in [0.29, 0.717) is 5.56 Å². The Morgan fingerprint density at radius 1 is 1.36 bits per heavy atom. The molecule has 9 heteroatoms. The monoisotopic (exact) mass is 381 g/mol. The number of hydrogen-bond acceptors (Lipinski definition) is 6. The first-order valence-electron chi connectivity index (χ1n) is 9.22. The molecule has 4 N–H and O–H groups in total. The number of para-hydroxylation sites is 1. The second-order valence-electron chi connectivity index (χ2n) is 7.04. The van der Waals surface area contributed by atoms with E-state index in [1.807, 2.05) is 6.07 Å². The predicted octanol–water partition coefficient (Wildman–Crippen LogP) is 0.820. The lowest BCUT2D eigenvalue weighted by molar-refractivity contribution is -0.120. The van der Waals surface area contributed by atoms with Gasteiger partial charge in [0.2, 0.25) is 5.91 Å². The minimum absolute atomic E-state index is 0.00457. The fraction of sp³-hybridized carbons (Fsp3) is 0.316. The van der Waals surface area contributed by atoms with Crippen LogP contribution in [0.15, 0.2) is 30.5 Å². The molecular formula is C19H20BN3O5. The van der Waals surface area contributed by atoms with Gasteiger partial charge in [0.05, 0.1) is 17.9 Å². The molecule has 1 aromatic carbocycles. The predicted molar refractivity (Wildman–Crippen MR) is 102 cm³/mol. The molecule has 144 valence electrons. The lowest BCUT2D eigenvalue weighted by Crippen LogP contribution is -2.53. The molecular weight excluding hydrogens is 361 g/mol. The summed E-state index contributed by atoms with van der Waals surface area (Å²) in [5.41, 5.74) is 2.54. The molecule has 8 nitrogen and oxygen atoms in total. The number of pyridine rings is 1.